The Morgan fingerprint density at radius 3 is 2.75 bits per heavy atom. The van der Waals surface area contributed by atoms with Crippen molar-refractivity contribution in [3.63, 3.8) is 0 Å². The van der Waals surface area contributed by atoms with Crippen molar-refractivity contribution >= 4 is 11.9 Å². The van der Waals surface area contributed by atoms with Gasteiger partial charge in [-0.1, -0.05) is 31.6 Å². The Hall–Kier alpha value is -1.62. The average molecular weight is 332 g/mol. The molecular formula is C19H24O5. The van der Waals surface area contributed by atoms with Crippen LogP contribution in [0.15, 0.2) is 23.3 Å². The van der Waals surface area contributed by atoms with Crippen LogP contribution < -0.4 is 0 Å². The highest BCUT2D eigenvalue weighted by molar-refractivity contribution is 5.91. The Kier molecular flexibility index (Phi) is 3.27. The summed E-state index contributed by atoms with van der Waals surface area (Å²) in [7, 11) is 0. The van der Waals surface area contributed by atoms with Gasteiger partial charge in [0.25, 0.3) is 0 Å². The van der Waals surface area contributed by atoms with Crippen LogP contribution in [-0.4, -0.2) is 35.9 Å². The van der Waals surface area contributed by atoms with Crippen molar-refractivity contribution in [2.45, 2.75) is 64.4 Å². The highest BCUT2D eigenvalue weighted by atomic mass is 16.6. The van der Waals surface area contributed by atoms with E-state index in [1.807, 2.05) is 13.8 Å². The fraction of sp³-hybridized carbons (Fsp3) is 0.684. The second kappa shape index (κ2) is 4.94. The molecule has 24 heavy (non-hydrogen) atoms. The molecule has 0 aromatic carbocycles. The molecule has 1 unspecified atom stereocenters. The molecule has 5 heteroatoms. The van der Waals surface area contributed by atoms with E-state index < -0.39 is 6.10 Å². The zero-order valence-corrected chi connectivity index (χ0v) is 14.6. The van der Waals surface area contributed by atoms with Crippen molar-refractivity contribution in [1.29, 1.82) is 0 Å². The first-order valence-corrected chi connectivity index (χ1v) is 8.70. The van der Waals surface area contributed by atoms with Gasteiger partial charge >= 0.3 is 11.9 Å². The van der Waals surface area contributed by atoms with Gasteiger partial charge in [-0.2, -0.15) is 0 Å². The van der Waals surface area contributed by atoms with Crippen molar-refractivity contribution in [2.24, 2.45) is 17.8 Å². The van der Waals surface area contributed by atoms with E-state index in [0.29, 0.717) is 12.0 Å². The van der Waals surface area contributed by atoms with Gasteiger partial charge in [0.1, 0.15) is 17.8 Å². The lowest BCUT2D eigenvalue weighted by atomic mass is 9.80. The standard InChI is InChI=1S/C19H24O5/c1-8(2)17(20)22-12-6-9(3)11-7-13-19(5,24-13)15(11)16-14(12)10(4)18(21)23-16/h8,12-16H,4,6-7H2,1-3,5H3/t12-,13-,14+,15?,16-,19-/m0/s1. The molecule has 3 fully saturated rings. The maximum atomic E-state index is 12.2. The van der Waals surface area contributed by atoms with Crippen molar-refractivity contribution in [3.05, 3.63) is 23.3 Å². The van der Waals surface area contributed by atoms with Gasteiger partial charge in [-0.15, -0.1) is 0 Å². The van der Waals surface area contributed by atoms with Gasteiger partial charge in [-0.3, -0.25) is 4.79 Å². The first-order chi connectivity index (χ1) is 11.2. The highest BCUT2D eigenvalue weighted by Crippen LogP contribution is 2.62. The van der Waals surface area contributed by atoms with Crippen molar-refractivity contribution < 1.29 is 23.8 Å². The van der Waals surface area contributed by atoms with E-state index in [9.17, 15) is 9.59 Å². The van der Waals surface area contributed by atoms with Crippen LogP contribution in [0.5, 0.6) is 0 Å². The fourth-order valence-corrected chi connectivity index (χ4v) is 4.71. The number of carbonyl (C=O) groups excluding carboxylic acids is 2. The van der Waals surface area contributed by atoms with E-state index in [0.717, 1.165) is 6.42 Å². The maximum Gasteiger partial charge on any atom is 0.334 e. The molecule has 0 aromatic heterocycles. The minimum Gasteiger partial charge on any atom is -0.461 e. The zero-order chi connectivity index (χ0) is 17.4. The summed E-state index contributed by atoms with van der Waals surface area (Å²) in [4.78, 5) is 24.4. The molecule has 0 N–H and O–H groups in total. The van der Waals surface area contributed by atoms with Gasteiger partial charge < -0.3 is 14.2 Å². The summed E-state index contributed by atoms with van der Waals surface area (Å²) >= 11 is 0. The Balaban J connectivity index is 1.73. The number of fused-ring (bicyclic) bond motifs is 5. The molecule has 2 heterocycles. The fourth-order valence-electron chi connectivity index (χ4n) is 4.71. The van der Waals surface area contributed by atoms with E-state index in [4.69, 9.17) is 14.2 Å². The lowest BCUT2D eigenvalue weighted by molar-refractivity contribution is -0.156. The summed E-state index contributed by atoms with van der Waals surface area (Å²) in [6.45, 7) is 11.7. The first-order valence-electron chi connectivity index (χ1n) is 8.70. The molecule has 1 saturated carbocycles. The maximum absolute atomic E-state index is 12.2. The monoisotopic (exact) mass is 332 g/mol. The predicted octanol–water partition coefficient (Wildman–Crippen LogP) is 2.55. The minimum atomic E-state index is -0.400. The predicted molar refractivity (Wildman–Crippen MR) is 85.9 cm³/mol. The summed E-state index contributed by atoms with van der Waals surface area (Å²) in [5.74, 6) is -1.08. The van der Waals surface area contributed by atoms with Crippen molar-refractivity contribution in [1.82, 2.24) is 0 Å². The zero-order valence-electron chi connectivity index (χ0n) is 14.6. The van der Waals surface area contributed by atoms with Gasteiger partial charge in [0, 0.05) is 17.9 Å². The minimum absolute atomic E-state index is 0.0402. The molecule has 2 aliphatic heterocycles. The molecule has 4 rings (SSSR count). The van der Waals surface area contributed by atoms with Crippen molar-refractivity contribution in [3.8, 4) is 0 Å². The Morgan fingerprint density at radius 1 is 1.38 bits per heavy atom. The number of ether oxygens (including phenoxy) is 3. The summed E-state index contributed by atoms with van der Waals surface area (Å²) in [5, 5.41) is 0. The molecule has 130 valence electrons. The van der Waals surface area contributed by atoms with E-state index in [-0.39, 0.29) is 47.5 Å². The third-order valence-electron chi connectivity index (χ3n) is 6.16. The van der Waals surface area contributed by atoms with Gasteiger partial charge in [0.05, 0.1) is 17.9 Å². The summed E-state index contributed by atoms with van der Waals surface area (Å²) in [6.07, 6.45) is 0.979. The lowest BCUT2D eigenvalue weighted by Crippen LogP contribution is -2.40. The van der Waals surface area contributed by atoms with Crippen LogP contribution in [0.25, 0.3) is 0 Å². The average Bonchev–Trinajstić information content (AvgIpc) is 2.97. The van der Waals surface area contributed by atoms with Crippen molar-refractivity contribution in [2.75, 3.05) is 0 Å². The van der Waals surface area contributed by atoms with Crippen LogP contribution in [-0.2, 0) is 23.8 Å². The Labute approximate surface area is 142 Å². The number of carbonyl (C=O) groups is 2. The van der Waals surface area contributed by atoms with Crippen LogP contribution >= 0.6 is 0 Å². The molecule has 0 spiro atoms. The van der Waals surface area contributed by atoms with Gasteiger partial charge in [0.2, 0.25) is 0 Å². The van der Waals surface area contributed by atoms with Gasteiger partial charge in [-0.05, 0) is 20.3 Å². The summed E-state index contributed by atoms with van der Waals surface area (Å²) < 4.78 is 17.4. The number of epoxide rings is 1. The number of hydrogen-bond acceptors (Lipinski definition) is 5. The molecule has 0 bridgehead atoms. The van der Waals surface area contributed by atoms with Crippen LogP contribution in [0.2, 0.25) is 0 Å². The first kappa shape index (κ1) is 15.9. The van der Waals surface area contributed by atoms with E-state index in [2.05, 4.69) is 20.4 Å². The number of rotatable bonds is 2. The molecule has 5 nitrogen and oxygen atoms in total. The van der Waals surface area contributed by atoms with Gasteiger partial charge in [-0.25, -0.2) is 4.79 Å². The van der Waals surface area contributed by atoms with Gasteiger partial charge in [0.15, 0.2) is 0 Å². The molecule has 0 aromatic rings. The van der Waals surface area contributed by atoms with Crippen LogP contribution in [0, 0.1) is 17.8 Å². The summed E-state index contributed by atoms with van der Waals surface area (Å²) in [5.41, 5.74) is 2.70. The second-order valence-corrected chi connectivity index (χ2v) is 8.03. The van der Waals surface area contributed by atoms with Crippen LogP contribution in [0.3, 0.4) is 0 Å². The topological polar surface area (TPSA) is 65.1 Å². The third kappa shape index (κ3) is 2.03. The molecule has 2 saturated heterocycles. The largest absolute Gasteiger partial charge is 0.461 e. The Bertz CT molecular complexity index is 675. The quantitative estimate of drug-likeness (QED) is 0.336. The normalized spacial score (nSPS) is 43.1. The van der Waals surface area contributed by atoms with E-state index >= 15 is 0 Å². The molecule has 2 aliphatic carbocycles. The Morgan fingerprint density at radius 2 is 2.08 bits per heavy atom. The van der Waals surface area contributed by atoms with E-state index in [1.165, 1.54) is 11.1 Å². The summed E-state index contributed by atoms with van der Waals surface area (Å²) in [6, 6.07) is 0. The van der Waals surface area contributed by atoms with Crippen LogP contribution in [0.1, 0.15) is 40.5 Å². The van der Waals surface area contributed by atoms with Crippen LogP contribution in [0.4, 0.5) is 0 Å². The number of esters is 2. The van der Waals surface area contributed by atoms with E-state index in [1.54, 1.807) is 0 Å². The molecule has 0 amide bonds. The second-order valence-electron chi connectivity index (χ2n) is 8.03. The smallest absolute Gasteiger partial charge is 0.334 e. The molecular weight excluding hydrogens is 308 g/mol. The molecule has 6 atom stereocenters. The molecule has 0 radical (unpaired) electrons. The SMILES string of the molecule is C=C1C(=O)O[C@@H]2C3C(=C(C)C[C@H](OC(=O)C(C)C)[C@@H]12)C[C@@H]1O[C@]31C. The lowest BCUT2D eigenvalue weighted by Gasteiger charge is -2.30. The highest BCUT2D eigenvalue weighted by Gasteiger charge is 2.70. The third-order valence-corrected chi connectivity index (χ3v) is 6.16. The number of hydrogen-bond donors (Lipinski definition) is 0. The molecule has 4 aliphatic rings.